The summed E-state index contributed by atoms with van der Waals surface area (Å²) < 4.78 is 0. The highest BCUT2D eigenvalue weighted by molar-refractivity contribution is 5.24. The molecule has 1 aromatic rings. The van der Waals surface area contributed by atoms with Crippen molar-refractivity contribution in [3.05, 3.63) is 35.4 Å². The molecule has 18 heavy (non-hydrogen) atoms. The number of hydrogen-bond donors (Lipinski definition) is 1. The van der Waals surface area contributed by atoms with E-state index in [0.717, 1.165) is 12.5 Å². The third kappa shape index (κ3) is 5.22. The van der Waals surface area contributed by atoms with Crippen LogP contribution in [0.4, 0.5) is 0 Å². The van der Waals surface area contributed by atoms with E-state index in [0.29, 0.717) is 6.04 Å². The number of rotatable bonds is 8. The van der Waals surface area contributed by atoms with Gasteiger partial charge in [0.2, 0.25) is 0 Å². The van der Waals surface area contributed by atoms with Gasteiger partial charge in [0.05, 0.1) is 0 Å². The van der Waals surface area contributed by atoms with Gasteiger partial charge in [-0.3, -0.25) is 0 Å². The van der Waals surface area contributed by atoms with Crippen molar-refractivity contribution in [1.82, 2.24) is 5.32 Å². The van der Waals surface area contributed by atoms with Gasteiger partial charge in [-0.1, -0.05) is 62.9 Å². The normalized spacial score (nSPS) is 14.4. The van der Waals surface area contributed by atoms with Crippen molar-refractivity contribution in [2.45, 2.75) is 59.4 Å². The van der Waals surface area contributed by atoms with Crippen LogP contribution in [0, 0.1) is 12.8 Å². The zero-order valence-corrected chi connectivity index (χ0v) is 12.5. The molecule has 1 N–H and O–H groups in total. The minimum atomic E-state index is 0.459. The van der Waals surface area contributed by atoms with Gasteiger partial charge in [0.1, 0.15) is 0 Å². The molecule has 0 bridgehead atoms. The zero-order chi connectivity index (χ0) is 13.4. The quantitative estimate of drug-likeness (QED) is 0.691. The average Bonchev–Trinajstić information content (AvgIpc) is 2.38. The minimum absolute atomic E-state index is 0.459. The van der Waals surface area contributed by atoms with Crippen LogP contribution in [-0.4, -0.2) is 6.54 Å². The molecule has 0 spiro atoms. The van der Waals surface area contributed by atoms with E-state index in [1.54, 1.807) is 0 Å². The van der Waals surface area contributed by atoms with Crippen LogP contribution in [0.25, 0.3) is 0 Å². The molecule has 0 saturated heterocycles. The monoisotopic (exact) mass is 247 g/mol. The van der Waals surface area contributed by atoms with Gasteiger partial charge >= 0.3 is 0 Å². The Morgan fingerprint density at radius 2 is 2.00 bits per heavy atom. The van der Waals surface area contributed by atoms with Gasteiger partial charge < -0.3 is 5.32 Å². The number of nitrogens with one attached hydrogen (secondary N) is 1. The first-order valence-electron chi connectivity index (χ1n) is 7.47. The molecule has 0 aliphatic rings. The maximum absolute atomic E-state index is 3.69. The molecule has 1 aromatic carbocycles. The van der Waals surface area contributed by atoms with E-state index in [1.165, 1.54) is 36.8 Å². The number of benzene rings is 1. The van der Waals surface area contributed by atoms with Gasteiger partial charge in [0.25, 0.3) is 0 Å². The Morgan fingerprint density at radius 3 is 2.61 bits per heavy atom. The lowest BCUT2D eigenvalue weighted by atomic mass is 9.98. The van der Waals surface area contributed by atoms with E-state index >= 15 is 0 Å². The van der Waals surface area contributed by atoms with E-state index in [1.807, 2.05) is 0 Å². The molecular formula is C17H29N. The van der Waals surface area contributed by atoms with Crippen molar-refractivity contribution < 1.29 is 0 Å². The van der Waals surface area contributed by atoms with Gasteiger partial charge in [-0.25, -0.2) is 0 Å². The molecular weight excluding hydrogens is 218 g/mol. The van der Waals surface area contributed by atoms with E-state index in [4.69, 9.17) is 0 Å². The third-order valence-electron chi connectivity index (χ3n) is 3.80. The molecule has 1 nitrogen and oxygen atoms in total. The Morgan fingerprint density at radius 1 is 1.22 bits per heavy atom. The molecule has 2 atom stereocenters. The van der Waals surface area contributed by atoms with Crippen LogP contribution in [0.5, 0.6) is 0 Å². The zero-order valence-electron chi connectivity index (χ0n) is 12.5. The van der Waals surface area contributed by atoms with Crippen LogP contribution in [0.15, 0.2) is 24.3 Å². The second-order valence-corrected chi connectivity index (χ2v) is 5.46. The number of aryl methyl sites for hydroxylation is 1. The predicted molar refractivity (Wildman–Crippen MR) is 80.9 cm³/mol. The van der Waals surface area contributed by atoms with Crippen LogP contribution in [0.1, 0.15) is 63.6 Å². The standard InChI is InChI=1S/C17H29N/c1-5-7-10-16(6-2)13-18-15(4)17-11-8-9-14(3)12-17/h8-9,11-12,15-16,18H,5-7,10,13H2,1-4H3. The lowest BCUT2D eigenvalue weighted by Crippen LogP contribution is -2.25. The second kappa shape index (κ2) is 8.31. The summed E-state index contributed by atoms with van der Waals surface area (Å²) in [6.07, 6.45) is 5.32. The predicted octanol–water partition coefficient (Wildman–Crippen LogP) is 4.86. The summed E-state index contributed by atoms with van der Waals surface area (Å²) in [6, 6.07) is 9.27. The fourth-order valence-electron chi connectivity index (χ4n) is 2.34. The Balaban J connectivity index is 2.42. The molecule has 0 fully saturated rings. The van der Waals surface area contributed by atoms with Crippen molar-refractivity contribution in [3.63, 3.8) is 0 Å². The summed E-state index contributed by atoms with van der Waals surface area (Å²) in [6.45, 7) is 10.1. The van der Waals surface area contributed by atoms with Gasteiger partial charge in [-0.15, -0.1) is 0 Å². The van der Waals surface area contributed by atoms with Crippen LogP contribution in [0.3, 0.4) is 0 Å². The van der Waals surface area contributed by atoms with E-state index in [2.05, 4.69) is 57.3 Å². The van der Waals surface area contributed by atoms with Gasteiger partial charge in [-0.2, -0.15) is 0 Å². The number of hydrogen-bond acceptors (Lipinski definition) is 1. The summed E-state index contributed by atoms with van der Waals surface area (Å²) in [4.78, 5) is 0. The lowest BCUT2D eigenvalue weighted by molar-refractivity contribution is 0.398. The maximum atomic E-state index is 3.69. The van der Waals surface area contributed by atoms with Crippen molar-refractivity contribution >= 4 is 0 Å². The van der Waals surface area contributed by atoms with Gasteiger partial charge in [0.15, 0.2) is 0 Å². The second-order valence-electron chi connectivity index (χ2n) is 5.46. The van der Waals surface area contributed by atoms with E-state index in [-0.39, 0.29) is 0 Å². The average molecular weight is 247 g/mol. The molecule has 102 valence electrons. The van der Waals surface area contributed by atoms with Crippen molar-refractivity contribution in [2.75, 3.05) is 6.54 Å². The molecule has 1 rings (SSSR count). The highest BCUT2D eigenvalue weighted by atomic mass is 14.9. The molecule has 0 amide bonds. The molecule has 0 aromatic heterocycles. The SMILES string of the molecule is CCCCC(CC)CNC(C)c1cccc(C)c1. The van der Waals surface area contributed by atoms with E-state index in [9.17, 15) is 0 Å². The van der Waals surface area contributed by atoms with Crippen LogP contribution >= 0.6 is 0 Å². The first-order chi connectivity index (χ1) is 8.67. The Kier molecular flexibility index (Phi) is 7.04. The Hall–Kier alpha value is -0.820. The summed E-state index contributed by atoms with van der Waals surface area (Å²) in [7, 11) is 0. The first-order valence-corrected chi connectivity index (χ1v) is 7.47. The summed E-state index contributed by atoms with van der Waals surface area (Å²) in [5, 5.41) is 3.69. The maximum Gasteiger partial charge on any atom is 0.0292 e. The molecule has 0 radical (unpaired) electrons. The van der Waals surface area contributed by atoms with Gasteiger partial charge in [-0.05, 0) is 38.3 Å². The number of unbranched alkanes of at least 4 members (excludes halogenated alkanes) is 1. The molecule has 0 heterocycles. The molecule has 1 heteroatoms. The van der Waals surface area contributed by atoms with Crippen molar-refractivity contribution in [1.29, 1.82) is 0 Å². The summed E-state index contributed by atoms with van der Waals surface area (Å²) in [5.41, 5.74) is 2.75. The van der Waals surface area contributed by atoms with Crippen LogP contribution in [0.2, 0.25) is 0 Å². The lowest BCUT2D eigenvalue weighted by Gasteiger charge is -2.20. The van der Waals surface area contributed by atoms with E-state index < -0.39 is 0 Å². The summed E-state index contributed by atoms with van der Waals surface area (Å²) in [5.74, 6) is 0.831. The van der Waals surface area contributed by atoms with Crippen LogP contribution < -0.4 is 5.32 Å². The summed E-state index contributed by atoms with van der Waals surface area (Å²) >= 11 is 0. The van der Waals surface area contributed by atoms with Gasteiger partial charge in [0, 0.05) is 6.04 Å². The third-order valence-corrected chi connectivity index (χ3v) is 3.80. The minimum Gasteiger partial charge on any atom is -0.310 e. The highest BCUT2D eigenvalue weighted by Gasteiger charge is 2.09. The molecule has 0 aliphatic heterocycles. The Bertz CT molecular complexity index is 332. The van der Waals surface area contributed by atoms with Crippen LogP contribution in [-0.2, 0) is 0 Å². The smallest absolute Gasteiger partial charge is 0.0292 e. The topological polar surface area (TPSA) is 12.0 Å². The van der Waals surface area contributed by atoms with Crippen molar-refractivity contribution in [2.24, 2.45) is 5.92 Å². The first kappa shape index (κ1) is 15.2. The molecule has 0 aliphatic carbocycles. The Labute approximate surface area is 113 Å². The fourth-order valence-corrected chi connectivity index (χ4v) is 2.34. The fraction of sp³-hybridized carbons (Fsp3) is 0.647. The van der Waals surface area contributed by atoms with Crippen molar-refractivity contribution in [3.8, 4) is 0 Å². The molecule has 2 unspecified atom stereocenters. The molecule has 0 saturated carbocycles. The largest absolute Gasteiger partial charge is 0.310 e. The highest BCUT2D eigenvalue weighted by Crippen LogP contribution is 2.16.